The third-order valence-electron chi connectivity index (χ3n) is 1.93. The van der Waals surface area contributed by atoms with Gasteiger partial charge in [-0.1, -0.05) is 17.7 Å². The first-order valence-electron chi connectivity index (χ1n) is 4.37. The van der Waals surface area contributed by atoms with Crippen molar-refractivity contribution >= 4 is 28.9 Å². The van der Waals surface area contributed by atoms with Crippen LogP contribution < -0.4 is 11.1 Å². The Balaban J connectivity index is 3.03. The van der Waals surface area contributed by atoms with Crippen molar-refractivity contribution in [2.45, 2.75) is 12.1 Å². The van der Waals surface area contributed by atoms with Crippen LogP contribution in [0.3, 0.4) is 0 Å². The van der Waals surface area contributed by atoms with Crippen LogP contribution in [0.25, 0.3) is 0 Å². The van der Waals surface area contributed by atoms with E-state index >= 15 is 0 Å². The van der Waals surface area contributed by atoms with Crippen LogP contribution in [0.15, 0.2) is 18.2 Å². The summed E-state index contributed by atoms with van der Waals surface area (Å²) >= 11 is 5.52. The number of hydrogen-bond acceptors (Lipinski definition) is 2. The minimum absolute atomic E-state index is 0.228. The van der Waals surface area contributed by atoms with Crippen molar-refractivity contribution in [3.8, 4) is 0 Å². The zero-order chi connectivity index (χ0) is 14.1. The van der Waals surface area contributed by atoms with Crippen molar-refractivity contribution in [1.82, 2.24) is 0 Å². The molecular weight excluding hydrogens is 283 g/mol. The van der Waals surface area contributed by atoms with Gasteiger partial charge in [-0.2, -0.15) is 22.0 Å². The van der Waals surface area contributed by atoms with Crippen LogP contribution in [0.5, 0.6) is 0 Å². The predicted octanol–water partition coefficient (Wildman–Crippen LogP) is 3.06. The summed E-state index contributed by atoms with van der Waals surface area (Å²) in [4.78, 5) is 10.9. The fourth-order valence-electron chi connectivity index (χ4n) is 0.993. The summed E-state index contributed by atoms with van der Waals surface area (Å²) in [5.41, 5.74) is 4.58. The van der Waals surface area contributed by atoms with Crippen LogP contribution in [-0.2, 0) is 4.79 Å². The van der Waals surface area contributed by atoms with Crippen molar-refractivity contribution in [3.05, 3.63) is 23.2 Å². The number of alkyl halides is 5. The van der Waals surface area contributed by atoms with E-state index in [2.05, 4.69) is 0 Å². The molecule has 1 amide bonds. The molecule has 1 rings (SSSR count). The lowest BCUT2D eigenvalue weighted by Crippen LogP contribution is -2.47. The molecular formula is C9H6ClF5N2O. The second-order valence-electron chi connectivity index (χ2n) is 3.23. The van der Waals surface area contributed by atoms with Crippen LogP contribution in [-0.4, -0.2) is 18.0 Å². The Morgan fingerprint density at radius 3 is 2.22 bits per heavy atom. The van der Waals surface area contributed by atoms with Gasteiger partial charge in [0.2, 0.25) is 0 Å². The van der Waals surface area contributed by atoms with Crippen molar-refractivity contribution in [3.63, 3.8) is 0 Å². The number of benzene rings is 1. The number of para-hydroxylation sites is 1. The minimum atomic E-state index is -5.99. The molecule has 0 heterocycles. The molecule has 0 aliphatic heterocycles. The summed E-state index contributed by atoms with van der Waals surface area (Å²) in [5.74, 6) is -8.08. The van der Waals surface area contributed by atoms with Gasteiger partial charge >= 0.3 is 18.0 Å². The Morgan fingerprint density at radius 2 is 1.78 bits per heavy atom. The van der Waals surface area contributed by atoms with Crippen LogP contribution in [0.4, 0.5) is 33.3 Å². The average Bonchev–Trinajstić information content (AvgIpc) is 2.21. The normalized spacial score (nSPS) is 12.3. The standard InChI is InChI=1S/C9H6ClF5N2O/c10-4-2-1-3-5(16)6(4)17-7(18)8(11,12)9(13,14)15/h1-3H,16H2,(H,17,18). The summed E-state index contributed by atoms with van der Waals surface area (Å²) in [7, 11) is 0. The lowest BCUT2D eigenvalue weighted by Gasteiger charge is -2.19. The maximum atomic E-state index is 12.7. The van der Waals surface area contributed by atoms with E-state index < -0.39 is 23.7 Å². The summed E-state index contributed by atoms with van der Waals surface area (Å²) in [6, 6.07) is 3.71. The molecule has 0 unspecified atom stereocenters. The van der Waals surface area contributed by atoms with Gasteiger partial charge in [0.05, 0.1) is 16.4 Å². The van der Waals surface area contributed by atoms with Crippen LogP contribution in [0.1, 0.15) is 0 Å². The van der Waals surface area contributed by atoms with Gasteiger partial charge in [0.1, 0.15) is 0 Å². The first-order chi connectivity index (χ1) is 8.07. The van der Waals surface area contributed by atoms with Crippen molar-refractivity contribution in [1.29, 1.82) is 0 Å². The molecule has 0 aromatic heterocycles. The fourth-order valence-corrected chi connectivity index (χ4v) is 1.22. The number of rotatable bonds is 2. The summed E-state index contributed by atoms with van der Waals surface area (Å²) in [6.07, 6.45) is -5.99. The Kier molecular flexibility index (Phi) is 3.70. The van der Waals surface area contributed by atoms with Crippen molar-refractivity contribution < 1.29 is 26.7 Å². The van der Waals surface area contributed by atoms with E-state index in [9.17, 15) is 26.7 Å². The van der Waals surface area contributed by atoms with Crippen molar-refractivity contribution in [2.75, 3.05) is 11.1 Å². The number of nitrogens with two attached hydrogens (primary N) is 1. The molecule has 0 saturated heterocycles. The molecule has 0 fully saturated rings. The molecule has 3 nitrogen and oxygen atoms in total. The van der Waals surface area contributed by atoms with Gasteiger partial charge in [-0.3, -0.25) is 4.79 Å². The Bertz CT molecular complexity index is 454. The van der Waals surface area contributed by atoms with Crippen LogP contribution in [0, 0.1) is 0 Å². The number of amides is 1. The number of carbonyl (C=O) groups excluding carboxylic acids is 1. The van der Waals surface area contributed by atoms with Gasteiger partial charge in [-0.25, -0.2) is 0 Å². The number of anilines is 2. The van der Waals surface area contributed by atoms with E-state index in [-0.39, 0.29) is 10.7 Å². The highest BCUT2D eigenvalue weighted by atomic mass is 35.5. The molecule has 18 heavy (non-hydrogen) atoms. The third-order valence-corrected chi connectivity index (χ3v) is 2.24. The lowest BCUT2D eigenvalue weighted by molar-refractivity contribution is -0.267. The number of halogens is 6. The van der Waals surface area contributed by atoms with Crippen LogP contribution in [0.2, 0.25) is 5.02 Å². The minimum Gasteiger partial charge on any atom is -0.397 e. The van der Waals surface area contributed by atoms with E-state index in [1.807, 2.05) is 0 Å². The van der Waals surface area contributed by atoms with E-state index in [1.54, 1.807) is 0 Å². The Morgan fingerprint density at radius 1 is 1.22 bits per heavy atom. The zero-order valence-corrected chi connectivity index (χ0v) is 9.24. The average molecular weight is 289 g/mol. The van der Waals surface area contributed by atoms with Gasteiger partial charge < -0.3 is 11.1 Å². The Labute approximate surface area is 103 Å². The lowest BCUT2D eigenvalue weighted by atomic mass is 10.2. The third kappa shape index (κ3) is 2.63. The molecule has 0 aliphatic carbocycles. The molecule has 0 radical (unpaired) electrons. The smallest absolute Gasteiger partial charge is 0.397 e. The topological polar surface area (TPSA) is 55.1 Å². The molecule has 0 bridgehead atoms. The maximum Gasteiger partial charge on any atom is 0.463 e. The largest absolute Gasteiger partial charge is 0.463 e. The molecule has 1 aromatic rings. The van der Waals surface area contributed by atoms with Gasteiger partial charge in [-0.15, -0.1) is 0 Å². The second-order valence-corrected chi connectivity index (χ2v) is 3.64. The van der Waals surface area contributed by atoms with E-state index in [4.69, 9.17) is 17.3 Å². The highest BCUT2D eigenvalue weighted by molar-refractivity contribution is 6.34. The number of carbonyl (C=O) groups is 1. The molecule has 0 spiro atoms. The monoisotopic (exact) mass is 288 g/mol. The van der Waals surface area contributed by atoms with Crippen LogP contribution >= 0.6 is 11.6 Å². The summed E-state index contributed by atoms with van der Waals surface area (Å²) < 4.78 is 61.0. The SMILES string of the molecule is Nc1cccc(Cl)c1NC(=O)C(F)(F)C(F)(F)F. The first kappa shape index (κ1) is 14.5. The molecule has 1 aromatic carbocycles. The van der Waals surface area contributed by atoms with E-state index in [1.165, 1.54) is 23.5 Å². The highest BCUT2D eigenvalue weighted by Gasteiger charge is 2.63. The zero-order valence-electron chi connectivity index (χ0n) is 8.49. The quantitative estimate of drug-likeness (QED) is 0.649. The number of nitrogens with one attached hydrogen (secondary N) is 1. The summed E-state index contributed by atoms with van der Waals surface area (Å²) in [5, 5.41) is 1.11. The summed E-state index contributed by atoms with van der Waals surface area (Å²) in [6.45, 7) is 0. The fraction of sp³-hybridized carbons (Fsp3) is 0.222. The van der Waals surface area contributed by atoms with Crippen molar-refractivity contribution in [2.24, 2.45) is 0 Å². The second kappa shape index (κ2) is 4.60. The van der Waals surface area contributed by atoms with Gasteiger partial charge in [-0.05, 0) is 12.1 Å². The van der Waals surface area contributed by atoms with Gasteiger partial charge in [0.15, 0.2) is 0 Å². The first-order valence-corrected chi connectivity index (χ1v) is 4.75. The van der Waals surface area contributed by atoms with Gasteiger partial charge in [0.25, 0.3) is 0 Å². The molecule has 100 valence electrons. The Hall–Kier alpha value is -1.57. The predicted molar refractivity (Wildman–Crippen MR) is 55.5 cm³/mol. The van der Waals surface area contributed by atoms with E-state index in [0.717, 1.165) is 0 Å². The highest BCUT2D eigenvalue weighted by Crippen LogP contribution is 2.37. The molecule has 3 N–H and O–H groups in total. The number of nitrogen functional groups attached to an aromatic ring is 1. The molecule has 0 aliphatic rings. The molecule has 0 atom stereocenters. The van der Waals surface area contributed by atoms with E-state index in [0.29, 0.717) is 0 Å². The number of hydrogen-bond donors (Lipinski definition) is 2. The molecule has 9 heteroatoms. The maximum absolute atomic E-state index is 12.7. The van der Waals surface area contributed by atoms with Gasteiger partial charge in [0, 0.05) is 0 Å². The molecule has 0 saturated carbocycles.